The Morgan fingerprint density at radius 3 is 2.62 bits per heavy atom. The molecule has 0 aliphatic heterocycles. The number of fused-ring (bicyclic) bond motifs is 1. The molecule has 0 aliphatic carbocycles. The first kappa shape index (κ1) is 18.2. The SMILES string of the molecule is CC(=O)c1c(C)ccc2nc(Cn3nc(C(N)(F)F)cc3Cl)cc(=O)n12. The van der Waals surface area contributed by atoms with Crippen molar-refractivity contribution in [3.63, 3.8) is 0 Å². The number of aryl methyl sites for hydroxylation is 1. The molecule has 136 valence electrons. The van der Waals surface area contributed by atoms with Crippen molar-refractivity contribution in [2.45, 2.75) is 26.4 Å². The fourth-order valence-corrected chi connectivity index (χ4v) is 2.88. The fraction of sp³-hybridized carbons (Fsp3) is 0.250. The Bertz CT molecular complexity index is 1080. The standard InChI is InChI=1S/C16H14ClF2N5O2/c1-8-3-4-13-21-10(5-14(26)24(13)15(8)9(2)25)7-23-12(17)6-11(22-23)16(18,19)20/h3-6H,7,20H2,1-2H3. The normalized spacial score (nSPS) is 11.9. The molecule has 0 spiro atoms. The van der Waals surface area contributed by atoms with Gasteiger partial charge in [-0.3, -0.25) is 19.7 Å². The maximum Gasteiger partial charge on any atom is 0.345 e. The van der Waals surface area contributed by atoms with Gasteiger partial charge in [0.25, 0.3) is 5.56 Å². The Hall–Kier alpha value is -2.65. The maximum atomic E-state index is 13.2. The van der Waals surface area contributed by atoms with Crippen LogP contribution in [-0.2, 0) is 12.6 Å². The van der Waals surface area contributed by atoms with Crippen molar-refractivity contribution in [3.8, 4) is 0 Å². The lowest BCUT2D eigenvalue weighted by Gasteiger charge is -2.10. The number of hydrogen-bond donors (Lipinski definition) is 1. The van der Waals surface area contributed by atoms with Gasteiger partial charge in [-0.25, -0.2) is 9.67 Å². The van der Waals surface area contributed by atoms with Crippen LogP contribution in [0.3, 0.4) is 0 Å². The minimum atomic E-state index is -3.63. The van der Waals surface area contributed by atoms with Crippen LogP contribution in [0, 0.1) is 6.92 Å². The Labute approximate surface area is 151 Å². The predicted octanol–water partition coefficient (Wildman–Crippen LogP) is 2.11. The number of Topliss-reactive ketones (excluding diaryl/α,β-unsaturated/α-hetero) is 1. The van der Waals surface area contributed by atoms with Gasteiger partial charge in [-0.05, 0) is 18.6 Å². The molecule has 0 aromatic carbocycles. The topological polar surface area (TPSA) is 95.3 Å². The average molecular weight is 382 g/mol. The van der Waals surface area contributed by atoms with E-state index in [-0.39, 0.29) is 34.5 Å². The molecule has 0 saturated carbocycles. The highest BCUT2D eigenvalue weighted by Crippen LogP contribution is 2.23. The Morgan fingerprint density at radius 2 is 2.04 bits per heavy atom. The van der Waals surface area contributed by atoms with Gasteiger partial charge in [0.15, 0.2) is 5.78 Å². The number of hydrogen-bond acceptors (Lipinski definition) is 5. The Balaban J connectivity index is 2.09. The van der Waals surface area contributed by atoms with E-state index in [2.05, 4.69) is 10.1 Å². The highest BCUT2D eigenvalue weighted by Gasteiger charge is 2.30. The van der Waals surface area contributed by atoms with Crippen molar-refractivity contribution >= 4 is 23.0 Å². The van der Waals surface area contributed by atoms with E-state index in [9.17, 15) is 18.4 Å². The van der Waals surface area contributed by atoms with Crippen LogP contribution in [0.1, 0.15) is 34.4 Å². The van der Waals surface area contributed by atoms with E-state index in [0.29, 0.717) is 5.56 Å². The van der Waals surface area contributed by atoms with Crippen LogP contribution in [0.25, 0.3) is 5.65 Å². The van der Waals surface area contributed by atoms with Crippen LogP contribution in [0.4, 0.5) is 8.78 Å². The fourth-order valence-electron chi connectivity index (χ4n) is 2.68. The van der Waals surface area contributed by atoms with Crippen molar-refractivity contribution < 1.29 is 13.6 Å². The second-order valence-corrected chi connectivity index (χ2v) is 6.22. The highest BCUT2D eigenvalue weighted by atomic mass is 35.5. The van der Waals surface area contributed by atoms with E-state index in [1.165, 1.54) is 17.4 Å². The number of pyridine rings is 1. The van der Waals surface area contributed by atoms with E-state index in [1.54, 1.807) is 19.1 Å². The largest absolute Gasteiger partial charge is 0.345 e. The van der Waals surface area contributed by atoms with Crippen LogP contribution in [-0.4, -0.2) is 24.9 Å². The molecular weight excluding hydrogens is 368 g/mol. The summed E-state index contributed by atoms with van der Waals surface area (Å²) in [5, 5.41) is 3.58. The molecule has 3 aromatic heterocycles. The van der Waals surface area contributed by atoms with E-state index < -0.39 is 17.3 Å². The first-order valence-corrected chi connectivity index (χ1v) is 7.89. The minimum absolute atomic E-state index is 0.0690. The van der Waals surface area contributed by atoms with E-state index in [1.807, 2.05) is 0 Å². The number of halogens is 3. The summed E-state index contributed by atoms with van der Waals surface area (Å²) in [5.74, 6) is -0.269. The summed E-state index contributed by atoms with van der Waals surface area (Å²) >= 11 is 5.90. The molecule has 7 nitrogen and oxygen atoms in total. The molecule has 0 radical (unpaired) electrons. The van der Waals surface area contributed by atoms with Gasteiger partial charge in [0.1, 0.15) is 16.5 Å². The van der Waals surface area contributed by atoms with Crippen molar-refractivity contribution in [2.24, 2.45) is 5.73 Å². The summed E-state index contributed by atoms with van der Waals surface area (Å²) < 4.78 is 28.6. The molecule has 0 unspecified atom stereocenters. The number of carbonyl (C=O) groups is 1. The molecule has 0 saturated heterocycles. The second-order valence-electron chi connectivity index (χ2n) is 5.83. The van der Waals surface area contributed by atoms with Crippen molar-refractivity contribution in [3.05, 3.63) is 62.4 Å². The number of ketones is 1. The summed E-state index contributed by atoms with van der Waals surface area (Å²) in [6, 6.07) is 1.80. The molecule has 0 aliphatic rings. The van der Waals surface area contributed by atoms with Crippen LogP contribution >= 0.6 is 11.6 Å². The van der Waals surface area contributed by atoms with Crippen LogP contribution in [0.15, 0.2) is 29.1 Å². The number of alkyl halides is 2. The van der Waals surface area contributed by atoms with Gasteiger partial charge < -0.3 is 0 Å². The van der Waals surface area contributed by atoms with Gasteiger partial charge >= 0.3 is 6.05 Å². The lowest BCUT2D eigenvalue weighted by Crippen LogP contribution is -2.26. The smallest absolute Gasteiger partial charge is 0.293 e. The van der Waals surface area contributed by atoms with Gasteiger partial charge in [0.05, 0.1) is 17.9 Å². The molecule has 0 atom stereocenters. The van der Waals surface area contributed by atoms with Gasteiger partial charge in [-0.1, -0.05) is 17.7 Å². The summed E-state index contributed by atoms with van der Waals surface area (Å²) in [7, 11) is 0. The monoisotopic (exact) mass is 381 g/mol. The lowest BCUT2D eigenvalue weighted by molar-refractivity contribution is -0.00223. The summed E-state index contributed by atoms with van der Waals surface area (Å²) in [6.45, 7) is 2.97. The number of nitrogens with zero attached hydrogens (tertiary/aromatic N) is 4. The quantitative estimate of drug-likeness (QED) is 0.551. The summed E-state index contributed by atoms with van der Waals surface area (Å²) in [6.07, 6.45) is 0. The van der Waals surface area contributed by atoms with E-state index in [4.69, 9.17) is 17.3 Å². The van der Waals surface area contributed by atoms with Crippen molar-refractivity contribution in [2.75, 3.05) is 0 Å². The molecule has 3 aromatic rings. The molecule has 10 heteroatoms. The number of carbonyl (C=O) groups excluding carboxylic acids is 1. The third-order valence-electron chi connectivity index (χ3n) is 3.79. The molecular formula is C16H14ClF2N5O2. The van der Waals surface area contributed by atoms with Gasteiger partial charge in [-0.15, -0.1) is 0 Å². The first-order chi connectivity index (χ1) is 12.1. The number of rotatable bonds is 4. The number of aromatic nitrogens is 4. The third-order valence-corrected chi connectivity index (χ3v) is 4.10. The summed E-state index contributed by atoms with van der Waals surface area (Å²) in [5.41, 5.74) is 4.97. The van der Waals surface area contributed by atoms with E-state index in [0.717, 1.165) is 10.7 Å². The zero-order chi connectivity index (χ0) is 19.2. The minimum Gasteiger partial charge on any atom is -0.293 e. The van der Waals surface area contributed by atoms with Crippen molar-refractivity contribution in [1.29, 1.82) is 0 Å². The molecule has 0 bridgehead atoms. The molecule has 26 heavy (non-hydrogen) atoms. The average Bonchev–Trinajstić information content (AvgIpc) is 2.88. The van der Waals surface area contributed by atoms with Gasteiger partial charge in [0.2, 0.25) is 0 Å². The van der Waals surface area contributed by atoms with Crippen LogP contribution in [0.5, 0.6) is 0 Å². The van der Waals surface area contributed by atoms with Crippen LogP contribution in [0.2, 0.25) is 5.15 Å². The van der Waals surface area contributed by atoms with Gasteiger partial charge in [-0.2, -0.15) is 13.9 Å². The molecule has 3 heterocycles. The Morgan fingerprint density at radius 1 is 1.35 bits per heavy atom. The molecule has 0 amide bonds. The second kappa shape index (κ2) is 6.26. The molecule has 0 fully saturated rings. The van der Waals surface area contributed by atoms with Crippen molar-refractivity contribution in [1.82, 2.24) is 19.2 Å². The predicted molar refractivity (Wildman–Crippen MR) is 90.6 cm³/mol. The first-order valence-electron chi connectivity index (χ1n) is 7.51. The summed E-state index contributed by atoms with van der Waals surface area (Å²) in [4.78, 5) is 28.6. The van der Waals surface area contributed by atoms with Crippen LogP contribution < -0.4 is 11.3 Å². The van der Waals surface area contributed by atoms with E-state index >= 15 is 0 Å². The zero-order valence-electron chi connectivity index (χ0n) is 13.8. The third kappa shape index (κ3) is 3.23. The Kier molecular flexibility index (Phi) is 4.37. The molecule has 2 N–H and O–H groups in total. The highest BCUT2D eigenvalue weighted by molar-refractivity contribution is 6.29. The lowest BCUT2D eigenvalue weighted by atomic mass is 10.1. The van der Waals surface area contributed by atoms with Gasteiger partial charge in [0, 0.05) is 19.1 Å². The molecule has 3 rings (SSSR count). The zero-order valence-corrected chi connectivity index (χ0v) is 14.6. The number of nitrogens with two attached hydrogens (primary N) is 1. The maximum absolute atomic E-state index is 13.2.